The number of halogens is 2. The van der Waals surface area contributed by atoms with Crippen LogP contribution >= 0.6 is 43.2 Å². The zero-order valence-corrected chi connectivity index (χ0v) is 12.7. The van der Waals surface area contributed by atoms with Gasteiger partial charge in [0.25, 0.3) is 0 Å². The molecule has 15 heavy (non-hydrogen) atoms. The lowest BCUT2D eigenvalue weighted by Crippen LogP contribution is -2.21. The summed E-state index contributed by atoms with van der Waals surface area (Å²) in [5, 5.41) is 3.53. The SMILES string of the molecule is CC(CNCc1cc(Br)c(Br)s1)C1CC1. The molecular formula is C11H15Br2NS. The monoisotopic (exact) mass is 351 g/mol. The van der Waals surface area contributed by atoms with Gasteiger partial charge in [-0.2, -0.15) is 0 Å². The maximum Gasteiger partial charge on any atom is 0.0843 e. The van der Waals surface area contributed by atoms with Gasteiger partial charge in [0, 0.05) is 15.9 Å². The van der Waals surface area contributed by atoms with Crippen molar-refractivity contribution in [2.24, 2.45) is 11.8 Å². The van der Waals surface area contributed by atoms with Crippen LogP contribution in [-0.4, -0.2) is 6.54 Å². The minimum Gasteiger partial charge on any atom is -0.312 e. The van der Waals surface area contributed by atoms with Gasteiger partial charge in [-0.05, 0) is 69.1 Å². The molecule has 1 saturated carbocycles. The Hall–Kier alpha value is 0.620. The molecule has 1 nitrogen and oxygen atoms in total. The van der Waals surface area contributed by atoms with E-state index in [0.717, 1.165) is 24.9 Å². The highest BCUT2D eigenvalue weighted by atomic mass is 79.9. The van der Waals surface area contributed by atoms with Crippen LogP contribution < -0.4 is 5.32 Å². The molecule has 2 rings (SSSR count). The summed E-state index contributed by atoms with van der Waals surface area (Å²) in [6.45, 7) is 4.49. The molecule has 0 aliphatic heterocycles. The first kappa shape index (κ1) is 12.1. The summed E-state index contributed by atoms with van der Waals surface area (Å²) in [7, 11) is 0. The van der Waals surface area contributed by atoms with Crippen LogP contribution in [0.4, 0.5) is 0 Å². The molecule has 1 heterocycles. The first-order valence-electron chi connectivity index (χ1n) is 5.31. The van der Waals surface area contributed by atoms with E-state index in [4.69, 9.17) is 0 Å². The van der Waals surface area contributed by atoms with Gasteiger partial charge in [-0.15, -0.1) is 11.3 Å². The molecular weight excluding hydrogens is 338 g/mol. The molecule has 0 bridgehead atoms. The first-order valence-corrected chi connectivity index (χ1v) is 7.71. The molecule has 1 aliphatic rings. The maximum absolute atomic E-state index is 3.53. The zero-order valence-electron chi connectivity index (χ0n) is 8.72. The smallest absolute Gasteiger partial charge is 0.0843 e. The second-order valence-corrected chi connectivity index (χ2v) is 7.59. The molecule has 84 valence electrons. The third-order valence-electron chi connectivity index (χ3n) is 2.89. The second kappa shape index (κ2) is 5.30. The lowest BCUT2D eigenvalue weighted by Gasteiger charge is -2.10. The highest BCUT2D eigenvalue weighted by molar-refractivity contribution is 9.13. The fourth-order valence-electron chi connectivity index (χ4n) is 1.73. The van der Waals surface area contributed by atoms with Crippen molar-refractivity contribution < 1.29 is 0 Å². The standard InChI is InChI=1S/C11H15Br2NS/c1-7(8-2-3-8)5-14-6-9-4-10(12)11(13)15-9/h4,7-8,14H,2-3,5-6H2,1H3. The Morgan fingerprint density at radius 3 is 2.80 bits per heavy atom. The number of rotatable bonds is 5. The Labute approximate surface area is 112 Å². The number of thiophene rings is 1. The van der Waals surface area contributed by atoms with Crippen LogP contribution in [0.3, 0.4) is 0 Å². The first-order chi connectivity index (χ1) is 7.16. The van der Waals surface area contributed by atoms with E-state index in [1.807, 2.05) is 0 Å². The van der Waals surface area contributed by atoms with Crippen LogP contribution in [0.15, 0.2) is 14.3 Å². The molecule has 1 unspecified atom stereocenters. The van der Waals surface area contributed by atoms with Crippen molar-refractivity contribution >= 4 is 43.2 Å². The molecule has 1 aromatic rings. The fourth-order valence-corrected chi connectivity index (χ4v) is 3.88. The Balaban J connectivity index is 1.73. The van der Waals surface area contributed by atoms with Crippen molar-refractivity contribution in [2.75, 3.05) is 6.54 Å². The van der Waals surface area contributed by atoms with Crippen LogP contribution in [0.1, 0.15) is 24.6 Å². The third-order valence-corrected chi connectivity index (χ3v) is 6.14. The molecule has 1 fully saturated rings. The number of hydrogen-bond acceptors (Lipinski definition) is 2. The van der Waals surface area contributed by atoms with Crippen LogP contribution in [0, 0.1) is 11.8 Å². The molecule has 1 aliphatic carbocycles. The van der Waals surface area contributed by atoms with Crippen LogP contribution in [-0.2, 0) is 6.54 Å². The van der Waals surface area contributed by atoms with Crippen molar-refractivity contribution in [2.45, 2.75) is 26.3 Å². The topological polar surface area (TPSA) is 12.0 Å². The molecule has 0 saturated heterocycles. The van der Waals surface area contributed by atoms with Gasteiger partial charge in [0.1, 0.15) is 0 Å². The predicted molar refractivity (Wildman–Crippen MR) is 73.3 cm³/mol. The summed E-state index contributed by atoms with van der Waals surface area (Å²) >= 11 is 8.82. The highest BCUT2D eigenvalue weighted by Gasteiger charge is 2.27. The number of hydrogen-bond donors (Lipinski definition) is 1. The van der Waals surface area contributed by atoms with Crippen LogP contribution in [0.2, 0.25) is 0 Å². The summed E-state index contributed by atoms with van der Waals surface area (Å²) in [5.41, 5.74) is 0. The van der Waals surface area contributed by atoms with Gasteiger partial charge in [-0.25, -0.2) is 0 Å². The largest absolute Gasteiger partial charge is 0.312 e. The fraction of sp³-hybridized carbons (Fsp3) is 0.636. The zero-order chi connectivity index (χ0) is 10.8. The highest BCUT2D eigenvalue weighted by Crippen LogP contribution is 2.36. The molecule has 0 amide bonds. The van der Waals surface area contributed by atoms with Gasteiger partial charge in [-0.1, -0.05) is 6.92 Å². The Kier molecular flexibility index (Phi) is 4.27. The van der Waals surface area contributed by atoms with Crippen molar-refractivity contribution in [3.63, 3.8) is 0 Å². The Bertz CT molecular complexity index is 314. The van der Waals surface area contributed by atoms with Gasteiger partial charge in [0.15, 0.2) is 0 Å². The van der Waals surface area contributed by atoms with Gasteiger partial charge < -0.3 is 5.32 Å². The Morgan fingerprint density at radius 2 is 2.27 bits per heavy atom. The van der Waals surface area contributed by atoms with Crippen molar-refractivity contribution in [3.05, 3.63) is 19.2 Å². The van der Waals surface area contributed by atoms with Crippen molar-refractivity contribution in [3.8, 4) is 0 Å². The molecule has 1 aromatic heterocycles. The summed E-state index contributed by atoms with van der Waals surface area (Å²) in [5.74, 6) is 1.84. The van der Waals surface area contributed by atoms with E-state index in [1.165, 1.54) is 26.0 Å². The summed E-state index contributed by atoms with van der Waals surface area (Å²) in [4.78, 5) is 1.39. The summed E-state index contributed by atoms with van der Waals surface area (Å²) < 4.78 is 2.36. The molecule has 1 N–H and O–H groups in total. The van der Waals surface area contributed by atoms with Gasteiger partial charge >= 0.3 is 0 Å². The lowest BCUT2D eigenvalue weighted by molar-refractivity contribution is 0.463. The lowest BCUT2D eigenvalue weighted by atomic mass is 10.1. The minimum atomic E-state index is 0.844. The number of nitrogens with one attached hydrogen (secondary N) is 1. The second-order valence-electron chi connectivity index (χ2n) is 4.28. The van der Waals surface area contributed by atoms with Gasteiger partial charge in [0.2, 0.25) is 0 Å². The van der Waals surface area contributed by atoms with E-state index in [2.05, 4.69) is 50.2 Å². The van der Waals surface area contributed by atoms with E-state index in [-0.39, 0.29) is 0 Å². The summed E-state index contributed by atoms with van der Waals surface area (Å²) in [6.07, 6.45) is 2.89. The average molecular weight is 353 g/mol. The summed E-state index contributed by atoms with van der Waals surface area (Å²) in [6, 6.07) is 2.18. The van der Waals surface area contributed by atoms with E-state index in [0.29, 0.717) is 0 Å². The van der Waals surface area contributed by atoms with Crippen molar-refractivity contribution in [1.82, 2.24) is 5.32 Å². The van der Waals surface area contributed by atoms with Crippen LogP contribution in [0.5, 0.6) is 0 Å². The van der Waals surface area contributed by atoms with E-state index in [9.17, 15) is 0 Å². The van der Waals surface area contributed by atoms with Crippen molar-refractivity contribution in [1.29, 1.82) is 0 Å². The quantitative estimate of drug-likeness (QED) is 0.827. The molecule has 1 atom stereocenters. The molecule has 0 radical (unpaired) electrons. The minimum absolute atomic E-state index is 0.844. The maximum atomic E-state index is 3.53. The Morgan fingerprint density at radius 1 is 1.53 bits per heavy atom. The van der Waals surface area contributed by atoms with E-state index < -0.39 is 0 Å². The predicted octanol–water partition coefficient (Wildman–Crippen LogP) is 4.41. The van der Waals surface area contributed by atoms with E-state index >= 15 is 0 Å². The van der Waals surface area contributed by atoms with Gasteiger partial charge in [-0.3, -0.25) is 0 Å². The average Bonchev–Trinajstić information content (AvgIpc) is 2.96. The van der Waals surface area contributed by atoms with Gasteiger partial charge in [0.05, 0.1) is 3.79 Å². The molecule has 0 aromatic carbocycles. The normalized spacial score (nSPS) is 18.1. The van der Waals surface area contributed by atoms with E-state index in [1.54, 1.807) is 11.3 Å². The molecule has 0 spiro atoms. The van der Waals surface area contributed by atoms with Crippen LogP contribution in [0.25, 0.3) is 0 Å². The third kappa shape index (κ3) is 3.55. The molecule has 4 heteroatoms.